The average molecular weight is 366 g/mol. The Bertz CT molecular complexity index is 614. The van der Waals surface area contributed by atoms with Gasteiger partial charge in [0.25, 0.3) is 0 Å². The van der Waals surface area contributed by atoms with E-state index < -0.39 is 0 Å². The lowest BCUT2D eigenvalue weighted by atomic mass is 9.99. The molecule has 0 fully saturated rings. The summed E-state index contributed by atoms with van der Waals surface area (Å²) in [6, 6.07) is 8.86. The molecule has 0 saturated heterocycles. The van der Waals surface area contributed by atoms with Gasteiger partial charge in [-0.25, -0.2) is 0 Å². The molecule has 1 N–H and O–H groups in total. The molecule has 1 atom stereocenters. The fraction of sp³-hybridized carbons (Fsp3) is 0.412. The predicted molar refractivity (Wildman–Crippen MR) is 93.7 cm³/mol. The average Bonchev–Trinajstić information content (AvgIpc) is 2.93. The molecule has 0 bridgehead atoms. The molecule has 3 rings (SSSR count). The summed E-state index contributed by atoms with van der Waals surface area (Å²) in [5.74, 6) is 0.859. The largest absolute Gasteiger partial charge is 0.495 e. The van der Waals surface area contributed by atoms with Crippen LogP contribution in [0.5, 0.6) is 5.75 Å². The highest BCUT2D eigenvalue weighted by Gasteiger charge is 2.16. The van der Waals surface area contributed by atoms with Gasteiger partial charge < -0.3 is 10.1 Å². The quantitative estimate of drug-likeness (QED) is 0.764. The summed E-state index contributed by atoms with van der Waals surface area (Å²) in [7, 11) is 1.70. The third kappa shape index (κ3) is 3.27. The van der Waals surface area contributed by atoms with Gasteiger partial charge in [-0.15, -0.1) is 11.3 Å². The van der Waals surface area contributed by atoms with Crippen LogP contribution in [0.2, 0.25) is 0 Å². The molecule has 1 aromatic carbocycles. The fourth-order valence-corrected chi connectivity index (χ4v) is 4.47. The third-order valence-corrected chi connectivity index (χ3v) is 6.05. The number of fused-ring (bicyclic) bond motifs is 1. The van der Waals surface area contributed by atoms with Gasteiger partial charge in [-0.1, -0.05) is 0 Å². The minimum absolute atomic E-state index is 0.325. The highest BCUT2D eigenvalue weighted by Crippen LogP contribution is 2.35. The van der Waals surface area contributed by atoms with Crippen LogP contribution in [0.1, 0.15) is 41.1 Å². The Morgan fingerprint density at radius 3 is 2.81 bits per heavy atom. The zero-order chi connectivity index (χ0) is 14.8. The number of methoxy groups -OCH3 is 1. The van der Waals surface area contributed by atoms with Crippen molar-refractivity contribution < 1.29 is 4.74 Å². The molecular weight excluding hydrogens is 346 g/mol. The van der Waals surface area contributed by atoms with Gasteiger partial charge in [-0.05, 0) is 72.3 Å². The van der Waals surface area contributed by atoms with Gasteiger partial charge in [0, 0.05) is 21.5 Å². The topological polar surface area (TPSA) is 21.3 Å². The molecule has 0 amide bonds. The normalized spacial score (nSPS) is 15.4. The van der Waals surface area contributed by atoms with E-state index in [1.807, 2.05) is 23.5 Å². The van der Waals surface area contributed by atoms with Crippen molar-refractivity contribution >= 4 is 33.0 Å². The van der Waals surface area contributed by atoms with E-state index in [4.69, 9.17) is 4.74 Å². The maximum Gasteiger partial charge on any atom is 0.135 e. The van der Waals surface area contributed by atoms with E-state index in [0.717, 1.165) is 15.9 Å². The number of thiophene rings is 1. The van der Waals surface area contributed by atoms with Gasteiger partial charge in [-0.2, -0.15) is 0 Å². The Hall–Kier alpha value is -1.00. The maximum absolute atomic E-state index is 5.35. The Morgan fingerprint density at radius 1 is 1.24 bits per heavy atom. The van der Waals surface area contributed by atoms with Gasteiger partial charge >= 0.3 is 0 Å². The van der Waals surface area contributed by atoms with E-state index in [-0.39, 0.29) is 0 Å². The molecule has 0 spiro atoms. The summed E-state index contributed by atoms with van der Waals surface area (Å²) in [6.07, 6.45) is 5.21. The molecule has 112 valence electrons. The van der Waals surface area contributed by atoms with Crippen molar-refractivity contribution in [2.45, 2.75) is 38.6 Å². The molecule has 21 heavy (non-hydrogen) atoms. The summed E-state index contributed by atoms with van der Waals surface area (Å²) < 4.78 is 6.34. The van der Waals surface area contributed by atoms with Gasteiger partial charge in [0.2, 0.25) is 0 Å². The summed E-state index contributed by atoms with van der Waals surface area (Å²) in [6.45, 7) is 2.23. The predicted octanol–water partition coefficient (Wildman–Crippen LogP) is 5.57. The monoisotopic (exact) mass is 365 g/mol. The second kappa shape index (κ2) is 6.41. The Labute approximate surface area is 138 Å². The molecular formula is C17H20BrNOS. The number of aryl methyl sites for hydroxylation is 2. The molecule has 1 aliphatic rings. The van der Waals surface area contributed by atoms with E-state index in [2.05, 4.69) is 40.3 Å². The number of nitrogens with one attached hydrogen (secondary N) is 1. The van der Waals surface area contributed by atoms with Crippen LogP contribution in [-0.4, -0.2) is 7.11 Å². The first-order valence-corrected chi connectivity index (χ1v) is 9.00. The minimum atomic E-state index is 0.325. The van der Waals surface area contributed by atoms with E-state index in [1.54, 1.807) is 17.6 Å². The highest BCUT2D eigenvalue weighted by atomic mass is 79.9. The molecule has 1 unspecified atom stereocenters. The van der Waals surface area contributed by atoms with Gasteiger partial charge in [0.1, 0.15) is 5.75 Å². The van der Waals surface area contributed by atoms with E-state index in [0.29, 0.717) is 6.04 Å². The summed E-state index contributed by atoms with van der Waals surface area (Å²) >= 11 is 5.46. The van der Waals surface area contributed by atoms with Crippen LogP contribution in [0.15, 0.2) is 28.7 Å². The first kappa shape index (κ1) is 14.9. The minimum Gasteiger partial charge on any atom is -0.495 e. The smallest absolute Gasteiger partial charge is 0.135 e. The lowest BCUT2D eigenvalue weighted by Crippen LogP contribution is -2.05. The zero-order valence-electron chi connectivity index (χ0n) is 12.4. The number of hydrogen-bond acceptors (Lipinski definition) is 3. The number of hydrogen-bond donors (Lipinski definition) is 1. The second-order valence-corrected chi connectivity index (χ2v) is 7.54. The Morgan fingerprint density at radius 2 is 2.05 bits per heavy atom. The van der Waals surface area contributed by atoms with E-state index in [1.165, 1.54) is 30.6 Å². The number of rotatable bonds is 4. The first-order chi connectivity index (χ1) is 10.2. The van der Waals surface area contributed by atoms with Crippen LogP contribution >= 0.6 is 27.3 Å². The lowest BCUT2D eigenvalue weighted by molar-refractivity contribution is 0.412. The lowest BCUT2D eigenvalue weighted by Gasteiger charge is -2.15. The number of ether oxygens (including phenoxy) is 1. The molecule has 0 aliphatic heterocycles. The van der Waals surface area contributed by atoms with E-state index >= 15 is 0 Å². The summed E-state index contributed by atoms with van der Waals surface area (Å²) in [4.78, 5) is 3.03. The van der Waals surface area contributed by atoms with E-state index in [9.17, 15) is 0 Å². The summed E-state index contributed by atoms with van der Waals surface area (Å²) in [5, 5.41) is 3.58. The molecule has 4 heteroatoms. The second-order valence-electron chi connectivity index (χ2n) is 5.52. The molecule has 1 aromatic heterocycles. The van der Waals surface area contributed by atoms with Crippen molar-refractivity contribution in [1.29, 1.82) is 0 Å². The Kier molecular flexibility index (Phi) is 4.55. The van der Waals surface area contributed by atoms with Gasteiger partial charge in [0.05, 0.1) is 17.6 Å². The highest BCUT2D eigenvalue weighted by molar-refractivity contribution is 9.10. The van der Waals surface area contributed by atoms with Crippen molar-refractivity contribution in [3.63, 3.8) is 0 Å². The van der Waals surface area contributed by atoms with Crippen molar-refractivity contribution in [3.8, 4) is 5.75 Å². The SMILES string of the molecule is COc1cc(NC(C)c2cc3c(s2)CCCC3)ccc1Br. The van der Waals surface area contributed by atoms with Crippen molar-refractivity contribution in [2.75, 3.05) is 12.4 Å². The van der Waals surface area contributed by atoms with Crippen LogP contribution < -0.4 is 10.1 Å². The molecule has 1 aliphatic carbocycles. The van der Waals surface area contributed by atoms with Crippen LogP contribution in [0, 0.1) is 0 Å². The fourth-order valence-electron chi connectivity index (χ4n) is 2.80. The first-order valence-electron chi connectivity index (χ1n) is 7.39. The standard InChI is InChI=1S/C17H20BrNOS/c1-11(17-9-12-5-3-4-6-16(12)21-17)19-13-7-8-14(18)15(10-13)20-2/h7-11,19H,3-6H2,1-2H3. The number of benzene rings is 1. The van der Waals surface area contributed by atoms with Gasteiger partial charge in [0.15, 0.2) is 0 Å². The third-order valence-electron chi connectivity index (χ3n) is 3.98. The van der Waals surface area contributed by atoms with Crippen LogP contribution in [0.4, 0.5) is 5.69 Å². The summed E-state index contributed by atoms with van der Waals surface area (Å²) in [5.41, 5.74) is 2.66. The maximum atomic E-state index is 5.35. The van der Waals surface area contributed by atoms with Crippen molar-refractivity contribution in [3.05, 3.63) is 44.1 Å². The van der Waals surface area contributed by atoms with Crippen molar-refractivity contribution in [1.82, 2.24) is 0 Å². The molecule has 2 nitrogen and oxygen atoms in total. The zero-order valence-corrected chi connectivity index (χ0v) is 14.8. The van der Waals surface area contributed by atoms with Crippen LogP contribution in [-0.2, 0) is 12.8 Å². The number of anilines is 1. The van der Waals surface area contributed by atoms with Crippen molar-refractivity contribution in [2.24, 2.45) is 0 Å². The Balaban J connectivity index is 1.76. The van der Waals surface area contributed by atoms with Crippen LogP contribution in [0.25, 0.3) is 0 Å². The number of halogens is 1. The van der Waals surface area contributed by atoms with Crippen LogP contribution in [0.3, 0.4) is 0 Å². The van der Waals surface area contributed by atoms with Gasteiger partial charge in [-0.3, -0.25) is 0 Å². The molecule has 2 aromatic rings. The molecule has 0 radical (unpaired) electrons. The molecule has 1 heterocycles. The molecule has 0 saturated carbocycles.